The predicted molar refractivity (Wildman–Crippen MR) is 73.2 cm³/mol. The number of non-ortho nitro benzene ring substituents is 1. The Kier molecular flexibility index (Phi) is 3.17. The minimum atomic E-state index is -0.466. The van der Waals surface area contributed by atoms with Crippen LogP contribution in [0.2, 0.25) is 0 Å². The third-order valence-electron chi connectivity index (χ3n) is 4.26. The van der Waals surface area contributed by atoms with Gasteiger partial charge < -0.3 is 10.6 Å². The summed E-state index contributed by atoms with van der Waals surface area (Å²) in [5.41, 5.74) is 7.30. The van der Waals surface area contributed by atoms with E-state index in [9.17, 15) is 14.9 Å². The molecule has 1 aromatic rings. The van der Waals surface area contributed by atoms with Crippen LogP contribution in [0.4, 0.5) is 5.69 Å². The van der Waals surface area contributed by atoms with Gasteiger partial charge in [0.25, 0.3) is 11.6 Å². The zero-order valence-corrected chi connectivity index (χ0v) is 11.1. The van der Waals surface area contributed by atoms with Gasteiger partial charge in [-0.2, -0.15) is 0 Å². The molecule has 0 radical (unpaired) electrons. The van der Waals surface area contributed by atoms with Gasteiger partial charge in [0.1, 0.15) is 0 Å². The molecule has 6 nitrogen and oxygen atoms in total. The molecule has 2 aliphatic rings. The Balaban J connectivity index is 1.85. The molecule has 1 heterocycles. The second-order valence-electron chi connectivity index (χ2n) is 5.61. The Morgan fingerprint density at radius 2 is 2.15 bits per heavy atom. The highest BCUT2D eigenvalue weighted by atomic mass is 16.6. The molecule has 1 aliphatic heterocycles. The summed E-state index contributed by atoms with van der Waals surface area (Å²) in [6.07, 6.45) is 3.83. The first-order chi connectivity index (χ1) is 9.56. The highest BCUT2D eigenvalue weighted by Crippen LogP contribution is 2.32. The number of nitro groups is 1. The predicted octanol–water partition coefficient (Wildman–Crippen LogP) is 1.82. The number of benzene rings is 1. The molecule has 0 unspecified atom stereocenters. The van der Waals surface area contributed by atoms with Crippen LogP contribution in [-0.2, 0) is 6.54 Å². The summed E-state index contributed by atoms with van der Waals surface area (Å²) in [5, 5.41) is 10.8. The first-order valence-electron chi connectivity index (χ1n) is 6.90. The molecule has 1 saturated carbocycles. The van der Waals surface area contributed by atoms with Crippen LogP contribution in [0.25, 0.3) is 0 Å². The van der Waals surface area contributed by atoms with Crippen molar-refractivity contribution in [2.24, 2.45) is 5.73 Å². The number of nitro benzene ring substituents is 1. The van der Waals surface area contributed by atoms with E-state index in [0.717, 1.165) is 31.2 Å². The van der Waals surface area contributed by atoms with E-state index in [1.165, 1.54) is 12.1 Å². The lowest BCUT2D eigenvalue weighted by Crippen LogP contribution is -2.42. The third kappa shape index (κ3) is 2.16. The van der Waals surface area contributed by atoms with Crippen molar-refractivity contribution < 1.29 is 9.72 Å². The van der Waals surface area contributed by atoms with E-state index < -0.39 is 4.92 Å². The monoisotopic (exact) mass is 275 g/mol. The molecule has 1 aromatic carbocycles. The Hall–Kier alpha value is -1.95. The van der Waals surface area contributed by atoms with Gasteiger partial charge in [0, 0.05) is 30.8 Å². The average molecular weight is 275 g/mol. The zero-order chi connectivity index (χ0) is 14.3. The average Bonchev–Trinajstić information content (AvgIpc) is 2.76. The zero-order valence-electron chi connectivity index (χ0n) is 11.1. The molecule has 1 aliphatic carbocycles. The number of carbonyl (C=O) groups excluding carboxylic acids is 1. The van der Waals surface area contributed by atoms with E-state index in [4.69, 9.17) is 5.73 Å². The molecule has 2 atom stereocenters. The fourth-order valence-corrected chi connectivity index (χ4v) is 3.20. The van der Waals surface area contributed by atoms with E-state index in [1.54, 1.807) is 6.07 Å². The van der Waals surface area contributed by atoms with Crippen LogP contribution in [0.3, 0.4) is 0 Å². The van der Waals surface area contributed by atoms with E-state index in [0.29, 0.717) is 12.1 Å². The fraction of sp³-hybridized carbons (Fsp3) is 0.500. The van der Waals surface area contributed by atoms with Crippen molar-refractivity contribution in [3.05, 3.63) is 39.4 Å². The summed E-state index contributed by atoms with van der Waals surface area (Å²) in [7, 11) is 0. The van der Waals surface area contributed by atoms with E-state index >= 15 is 0 Å². The highest BCUT2D eigenvalue weighted by molar-refractivity contribution is 5.99. The summed E-state index contributed by atoms with van der Waals surface area (Å²) < 4.78 is 0. The van der Waals surface area contributed by atoms with Crippen LogP contribution in [-0.4, -0.2) is 27.8 Å². The van der Waals surface area contributed by atoms with E-state index in [-0.39, 0.29) is 23.7 Å². The summed E-state index contributed by atoms with van der Waals surface area (Å²) in [4.78, 5) is 24.6. The quantitative estimate of drug-likeness (QED) is 0.658. The maximum atomic E-state index is 12.4. The minimum Gasteiger partial charge on any atom is -0.331 e. The largest absolute Gasteiger partial charge is 0.331 e. The number of rotatable bonds is 2. The molecule has 0 saturated heterocycles. The van der Waals surface area contributed by atoms with Gasteiger partial charge in [-0.15, -0.1) is 0 Å². The second-order valence-corrected chi connectivity index (χ2v) is 5.61. The number of nitrogens with zero attached hydrogens (tertiary/aromatic N) is 2. The highest BCUT2D eigenvalue weighted by Gasteiger charge is 2.35. The van der Waals surface area contributed by atoms with Crippen LogP contribution in [0.1, 0.15) is 41.6 Å². The Morgan fingerprint density at radius 3 is 2.85 bits per heavy atom. The van der Waals surface area contributed by atoms with Gasteiger partial charge in [0.15, 0.2) is 0 Å². The second kappa shape index (κ2) is 4.86. The van der Waals surface area contributed by atoms with Crippen LogP contribution in [0.15, 0.2) is 18.2 Å². The van der Waals surface area contributed by atoms with Gasteiger partial charge in [-0.1, -0.05) is 0 Å². The first kappa shape index (κ1) is 13.1. The standard InChI is InChI=1S/C14H17N3O3/c15-10-2-1-3-11(6-10)16-8-9-4-5-12(17(19)20)7-13(9)14(16)18/h4-5,7,10-11H,1-3,6,8,15H2/t10-,11+/m1/s1. The van der Waals surface area contributed by atoms with Crippen LogP contribution >= 0.6 is 0 Å². The van der Waals surface area contributed by atoms with Gasteiger partial charge >= 0.3 is 0 Å². The summed E-state index contributed by atoms with van der Waals surface area (Å²) in [6.45, 7) is 0.545. The molecule has 6 heteroatoms. The lowest BCUT2D eigenvalue weighted by atomic mass is 9.90. The van der Waals surface area contributed by atoms with Crippen molar-refractivity contribution in [3.8, 4) is 0 Å². The SMILES string of the molecule is N[C@@H]1CCC[C@H](N2Cc3ccc([N+](=O)[O-])cc3C2=O)C1. The number of nitrogens with two attached hydrogens (primary N) is 1. The normalized spacial score (nSPS) is 25.6. The fourth-order valence-electron chi connectivity index (χ4n) is 3.20. The van der Waals surface area contributed by atoms with Gasteiger partial charge in [0.2, 0.25) is 0 Å². The Bertz CT molecular complexity index is 573. The first-order valence-corrected chi connectivity index (χ1v) is 6.90. The van der Waals surface area contributed by atoms with Crippen molar-refractivity contribution >= 4 is 11.6 Å². The number of carbonyl (C=O) groups is 1. The van der Waals surface area contributed by atoms with Crippen LogP contribution < -0.4 is 5.73 Å². The molecule has 106 valence electrons. The number of amides is 1. The van der Waals surface area contributed by atoms with Crippen molar-refractivity contribution in [1.29, 1.82) is 0 Å². The maximum Gasteiger partial charge on any atom is 0.270 e. The number of fused-ring (bicyclic) bond motifs is 1. The molecule has 2 N–H and O–H groups in total. The third-order valence-corrected chi connectivity index (χ3v) is 4.26. The summed E-state index contributed by atoms with van der Waals surface area (Å²) in [6, 6.07) is 4.86. The van der Waals surface area contributed by atoms with Gasteiger partial charge in [-0.25, -0.2) is 0 Å². The molecule has 0 bridgehead atoms. The topological polar surface area (TPSA) is 89.5 Å². The maximum absolute atomic E-state index is 12.4. The van der Waals surface area contributed by atoms with Gasteiger partial charge in [0.05, 0.1) is 10.5 Å². The lowest BCUT2D eigenvalue weighted by molar-refractivity contribution is -0.384. The van der Waals surface area contributed by atoms with Crippen LogP contribution in [0.5, 0.6) is 0 Å². The van der Waals surface area contributed by atoms with Crippen molar-refractivity contribution in [1.82, 2.24) is 4.90 Å². The molecular weight excluding hydrogens is 258 g/mol. The molecule has 0 aromatic heterocycles. The molecule has 1 amide bonds. The molecule has 3 rings (SSSR count). The molecule has 20 heavy (non-hydrogen) atoms. The van der Waals surface area contributed by atoms with Crippen molar-refractivity contribution in [3.63, 3.8) is 0 Å². The molecular formula is C14H17N3O3. The van der Waals surface area contributed by atoms with Crippen molar-refractivity contribution in [2.45, 2.75) is 44.3 Å². The molecule has 0 spiro atoms. The van der Waals surface area contributed by atoms with E-state index in [1.807, 2.05) is 4.90 Å². The summed E-state index contributed by atoms with van der Waals surface area (Å²) in [5.74, 6) is -0.0946. The lowest BCUT2D eigenvalue weighted by Gasteiger charge is -2.33. The van der Waals surface area contributed by atoms with E-state index in [2.05, 4.69) is 0 Å². The summed E-state index contributed by atoms with van der Waals surface area (Å²) >= 11 is 0. The van der Waals surface area contributed by atoms with Crippen LogP contribution in [0, 0.1) is 10.1 Å². The number of hydrogen-bond donors (Lipinski definition) is 1. The van der Waals surface area contributed by atoms with Crippen molar-refractivity contribution in [2.75, 3.05) is 0 Å². The van der Waals surface area contributed by atoms with Gasteiger partial charge in [-0.3, -0.25) is 14.9 Å². The Morgan fingerprint density at radius 1 is 1.35 bits per heavy atom. The minimum absolute atomic E-state index is 0.0284. The smallest absolute Gasteiger partial charge is 0.270 e. The number of hydrogen-bond acceptors (Lipinski definition) is 4. The Labute approximate surface area is 116 Å². The van der Waals surface area contributed by atoms with Gasteiger partial charge in [-0.05, 0) is 37.3 Å². The molecule has 1 fully saturated rings.